The van der Waals surface area contributed by atoms with Crippen molar-refractivity contribution in [1.29, 1.82) is 0 Å². The lowest BCUT2D eigenvalue weighted by Crippen LogP contribution is -2.47. The van der Waals surface area contributed by atoms with Crippen molar-refractivity contribution < 1.29 is 41.2 Å². The van der Waals surface area contributed by atoms with E-state index in [2.05, 4.69) is 31.3 Å². The molecule has 3 aromatic rings. The summed E-state index contributed by atoms with van der Waals surface area (Å²) in [6.07, 6.45) is -4.21. The summed E-state index contributed by atoms with van der Waals surface area (Å²) in [6, 6.07) is 21.8. The number of carbonyl (C=O) groups is 2. The zero-order valence-electron chi connectivity index (χ0n) is 29.7. The molecule has 1 saturated heterocycles. The summed E-state index contributed by atoms with van der Waals surface area (Å²) in [5, 5.41) is 25.4. The molecule has 1 fully saturated rings. The minimum absolute atomic E-state index is 0.0168. The molecule has 1 atom stereocenters. The van der Waals surface area contributed by atoms with E-state index in [-0.39, 0.29) is 34.2 Å². The van der Waals surface area contributed by atoms with Gasteiger partial charge in [-0.3, -0.25) is 25.8 Å². The molecule has 294 valence electrons. The number of rotatable bonds is 15. The van der Waals surface area contributed by atoms with Crippen molar-refractivity contribution in [2.45, 2.75) is 36.0 Å². The third-order valence-electron chi connectivity index (χ3n) is 8.09. The number of carboxylic acid groups (broad SMARTS) is 1. The van der Waals surface area contributed by atoms with Gasteiger partial charge in [-0.1, -0.05) is 60.7 Å². The fourth-order valence-electron chi connectivity index (χ4n) is 5.27. The number of halogens is 3. The number of nitro groups is 1. The van der Waals surface area contributed by atoms with E-state index in [1.54, 1.807) is 0 Å². The van der Waals surface area contributed by atoms with Gasteiger partial charge in [-0.15, -0.1) is 0 Å². The van der Waals surface area contributed by atoms with Crippen LogP contribution in [0.15, 0.2) is 83.8 Å². The molecular weight excluding hydrogens is 754 g/mol. The Balaban J connectivity index is 0.00000102. The molecule has 0 bridgehead atoms. The van der Waals surface area contributed by atoms with E-state index in [0.717, 1.165) is 34.6 Å². The molecule has 0 aromatic heterocycles. The summed E-state index contributed by atoms with van der Waals surface area (Å²) in [5.74, 6) is -3.14. The van der Waals surface area contributed by atoms with Gasteiger partial charge in [0.2, 0.25) is 15.9 Å². The van der Waals surface area contributed by atoms with Gasteiger partial charge in [0.1, 0.15) is 11.7 Å². The van der Waals surface area contributed by atoms with E-state index in [9.17, 15) is 36.5 Å². The molecule has 5 N–H and O–H groups in total. The summed E-state index contributed by atoms with van der Waals surface area (Å²) in [7, 11) is 1.73. The zero-order chi connectivity index (χ0) is 40.1. The topological polar surface area (TPSA) is 189 Å². The number of anilines is 1. The average molecular weight is 797 g/mol. The van der Waals surface area contributed by atoms with Gasteiger partial charge in [0.25, 0.3) is 5.69 Å². The van der Waals surface area contributed by atoms with Gasteiger partial charge in [0.05, 0.1) is 15.9 Å². The van der Waals surface area contributed by atoms with E-state index >= 15 is 0 Å². The van der Waals surface area contributed by atoms with Crippen molar-refractivity contribution in [2.24, 2.45) is 0 Å². The molecule has 1 aliphatic heterocycles. The summed E-state index contributed by atoms with van der Waals surface area (Å²) in [5.41, 5.74) is 7.01. The van der Waals surface area contributed by atoms with Crippen molar-refractivity contribution in [1.82, 2.24) is 30.2 Å². The van der Waals surface area contributed by atoms with Gasteiger partial charge in [0, 0.05) is 38.8 Å². The molecule has 15 nitrogen and oxygen atoms in total. The molecular formula is C34H43F3N8O7S2. The van der Waals surface area contributed by atoms with Crippen molar-refractivity contribution in [3.05, 3.63) is 100 Å². The van der Waals surface area contributed by atoms with Crippen LogP contribution in [0.25, 0.3) is 0 Å². The highest BCUT2D eigenvalue weighted by Crippen LogP contribution is 2.32. The Morgan fingerprint density at radius 1 is 1.00 bits per heavy atom. The number of carbonyl (C=O) groups excluding carboxylic acids is 1. The number of benzene rings is 3. The van der Waals surface area contributed by atoms with Gasteiger partial charge in [0.15, 0.2) is 5.11 Å². The maximum Gasteiger partial charge on any atom is 0.490 e. The quantitative estimate of drug-likeness (QED) is 0.0854. The first kappa shape index (κ1) is 43.5. The summed E-state index contributed by atoms with van der Waals surface area (Å²) < 4.78 is 60.2. The molecule has 0 aliphatic carbocycles. The number of hydrogen-bond donors (Lipinski definition) is 5. The Kier molecular flexibility index (Phi) is 16.1. The van der Waals surface area contributed by atoms with Crippen LogP contribution in [0.3, 0.4) is 0 Å². The monoisotopic (exact) mass is 796 g/mol. The smallest absolute Gasteiger partial charge is 0.475 e. The Morgan fingerprint density at radius 3 is 2.09 bits per heavy atom. The number of carboxylic acids is 1. The number of thiocarbonyl (C=S) groups is 1. The SMILES string of the molecule is CN(C)CCN(C)CCNC(=O)[C@H]1CCCN1S(=O)(=O)c1ccc(NNC(=S)NC(c2ccccc2)c2ccccc2)c([N+](=O)[O-])c1.O=C(O)C(F)(F)F. The minimum Gasteiger partial charge on any atom is -0.475 e. The lowest BCUT2D eigenvalue weighted by Gasteiger charge is -2.24. The Morgan fingerprint density at radius 2 is 1.57 bits per heavy atom. The highest BCUT2D eigenvalue weighted by molar-refractivity contribution is 7.89. The van der Waals surface area contributed by atoms with Crippen LogP contribution < -0.4 is 21.5 Å². The van der Waals surface area contributed by atoms with Crippen LogP contribution in [0.4, 0.5) is 24.5 Å². The first-order valence-electron chi connectivity index (χ1n) is 16.6. The number of nitrogens with one attached hydrogen (secondary N) is 4. The molecule has 1 amide bonds. The van der Waals surface area contributed by atoms with Gasteiger partial charge in [-0.2, -0.15) is 17.5 Å². The van der Waals surface area contributed by atoms with Crippen molar-refractivity contribution in [3.63, 3.8) is 0 Å². The van der Waals surface area contributed by atoms with E-state index in [0.29, 0.717) is 25.9 Å². The molecule has 0 unspecified atom stereocenters. The van der Waals surface area contributed by atoms with Crippen LogP contribution in [0.1, 0.15) is 30.0 Å². The number of hydrazine groups is 1. The maximum atomic E-state index is 13.7. The second-order valence-electron chi connectivity index (χ2n) is 12.4. The molecule has 3 aromatic carbocycles. The molecule has 0 radical (unpaired) electrons. The first-order valence-corrected chi connectivity index (χ1v) is 18.4. The van der Waals surface area contributed by atoms with E-state index in [1.165, 1.54) is 12.1 Å². The minimum atomic E-state index is -5.08. The Labute approximate surface area is 316 Å². The number of amides is 1. The van der Waals surface area contributed by atoms with Gasteiger partial charge >= 0.3 is 12.1 Å². The van der Waals surface area contributed by atoms with E-state index in [1.807, 2.05) is 81.8 Å². The van der Waals surface area contributed by atoms with Crippen molar-refractivity contribution in [2.75, 3.05) is 59.3 Å². The molecule has 54 heavy (non-hydrogen) atoms. The van der Waals surface area contributed by atoms with Crippen LogP contribution >= 0.6 is 12.2 Å². The largest absolute Gasteiger partial charge is 0.490 e. The lowest BCUT2D eigenvalue weighted by molar-refractivity contribution is -0.384. The summed E-state index contributed by atoms with van der Waals surface area (Å²) in [6.45, 7) is 2.84. The van der Waals surface area contributed by atoms with Crippen LogP contribution in [-0.2, 0) is 19.6 Å². The standard InChI is InChI=1S/C32H42N8O5S2.C2HF3O2/c1-37(2)21-22-38(3)20-18-33-31(41)28-15-10-19-39(28)47(44,45)26-16-17-27(29(23-26)40(42)43)35-36-32(46)34-30(24-11-6-4-7-12-24)25-13-8-5-9-14-25;3-2(4,5)1(6)7/h4-9,11-14,16-17,23,28,30,35H,10,15,18-22H2,1-3H3,(H,33,41)(H2,34,36,46);(H,6,7)/t28-;/m1./s1. The number of nitrogens with zero attached hydrogens (tertiary/aromatic N) is 4. The first-order chi connectivity index (χ1) is 25.4. The molecule has 20 heteroatoms. The molecule has 0 spiro atoms. The zero-order valence-corrected chi connectivity index (χ0v) is 31.4. The number of sulfonamides is 1. The van der Waals surface area contributed by atoms with Gasteiger partial charge < -0.3 is 25.5 Å². The number of alkyl halides is 3. The van der Waals surface area contributed by atoms with Crippen molar-refractivity contribution >= 4 is 50.6 Å². The number of nitro benzene ring substituents is 1. The van der Waals surface area contributed by atoms with Gasteiger partial charge in [-0.05, 0) is 69.5 Å². The predicted molar refractivity (Wildman–Crippen MR) is 200 cm³/mol. The number of hydrogen-bond acceptors (Lipinski definition) is 10. The predicted octanol–water partition coefficient (Wildman–Crippen LogP) is 3.57. The number of likely N-dealkylation sites (N-methyl/N-ethyl adjacent to an activating group) is 2. The van der Waals surface area contributed by atoms with Gasteiger partial charge in [-0.25, -0.2) is 13.2 Å². The van der Waals surface area contributed by atoms with Crippen LogP contribution in [-0.4, -0.2) is 116 Å². The van der Waals surface area contributed by atoms with Crippen molar-refractivity contribution in [3.8, 4) is 0 Å². The van der Waals surface area contributed by atoms with Crippen LogP contribution in [0.2, 0.25) is 0 Å². The molecule has 4 rings (SSSR count). The van der Waals surface area contributed by atoms with E-state index in [4.69, 9.17) is 22.1 Å². The summed E-state index contributed by atoms with van der Waals surface area (Å²) in [4.78, 5) is 37.2. The summed E-state index contributed by atoms with van der Waals surface area (Å²) >= 11 is 5.50. The molecule has 1 aliphatic rings. The number of aliphatic carboxylic acids is 1. The Bertz CT molecular complexity index is 1800. The molecule has 1 heterocycles. The second kappa shape index (κ2) is 20.0. The highest BCUT2D eigenvalue weighted by Gasteiger charge is 2.40. The van der Waals surface area contributed by atoms with Crippen LogP contribution in [0.5, 0.6) is 0 Å². The lowest BCUT2D eigenvalue weighted by atomic mass is 9.99. The fraction of sp³-hybridized carbons (Fsp3) is 0.382. The third kappa shape index (κ3) is 12.9. The normalized spacial score (nSPS) is 14.6. The maximum absolute atomic E-state index is 13.7. The third-order valence-corrected chi connectivity index (χ3v) is 10.2. The highest BCUT2D eigenvalue weighted by atomic mass is 32.2. The van der Waals surface area contributed by atoms with E-state index < -0.39 is 38.8 Å². The Hall–Kier alpha value is -4.89. The van der Waals surface area contributed by atoms with Crippen LogP contribution in [0, 0.1) is 10.1 Å². The molecule has 0 saturated carbocycles. The average Bonchev–Trinajstić information content (AvgIpc) is 3.64. The fourth-order valence-corrected chi connectivity index (χ4v) is 7.11. The second-order valence-corrected chi connectivity index (χ2v) is 14.7.